The average molecular weight is 475 g/mol. The molecule has 182 valence electrons. The second-order valence-corrected chi connectivity index (χ2v) is 9.89. The highest BCUT2D eigenvalue weighted by atomic mass is 16.1. The number of allylic oxidation sites excluding steroid dienone is 2. The Morgan fingerprint density at radius 1 is 0.861 bits per heavy atom. The van der Waals surface area contributed by atoms with Gasteiger partial charge in [-0.05, 0) is 89.5 Å². The third kappa shape index (κ3) is 5.75. The monoisotopic (exact) mass is 474 g/mol. The molecule has 1 unspecified atom stereocenters. The third-order valence-corrected chi connectivity index (χ3v) is 7.16. The number of aryl methyl sites for hydroxylation is 1. The molecule has 6 rings (SSSR count). The number of nitrogens with zero attached hydrogens (tertiary/aromatic N) is 1. The molecule has 0 saturated heterocycles. The molecule has 1 aliphatic heterocycles. The molecule has 1 heterocycles. The van der Waals surface area contributed by atoms with Crippen LogP contribution in [0.2, 0.25) is 0 Å². The summed E-state index contributed by atoms with van der Waals surface area (Å²) in [6, 6.07) is 24.4. The maximum atomic E-state index is 10.5. The van der Waals surface area contributed by atoms with Crippen LogP contribution >= 0.6 is 0 Å². The van der Waals surface area contributed by atoms with Crippen LogP contribution in [-0.2, 0) is 30.6 Å². The Morgan fingerprint density at radius 2 is 1.69 bits per heavy atom. The van der Waals surface area contributed by atoms with Crippen molar-refractivity contribution in [2.45, 2.75) is 25.8 Å². The quantitative estimate of drug-likeness (QED) is 0.503. The summed E-state index contributed by atoms with van der Waals surface area (Å²) in [5.41, 5.74) is 10.4. The average Bonchev–Trinajstić information content (AvgIpc) is 3.16. The molecule has 3 aliphatic rings. The molecule has 0 amide bonds. The van der Waals surface area contributed by atoms with Crippen LogP contribution in [0.3, 0.4) is 0 Å². The molecule has 1 N–H and O–H groups in total. The van der Waals surface area contributed by atoms with Crippen LogP contribution < -0.4 is 5.32 Å². The van der Waals surface area contributed by atoms with Crippen molar-refractivity contribution in [3.8, 4) is 11.1 Å². The molecule has 36 heavy (non-hydrogen) atoms. The Balaban J connectivity index is 0.000000286. The summed E-state index contributed by atoms with van der Waals surface area (Å²) in [7, 11) is 2.24. The van der Waals surface area contributed by atoms with E-state index in [2.05, 4.69) is 96.1 Å². The molecule has 0 bridgehead atoms. The molecule has 2 aliphatic carbocycles. The van der Waals surface area contributed by atoms with Gasteiger partial charge >= 0.3 is 0 Å². The maximum absolute atomic E-state index is 10.5. The van der Waals surface area contributed by atoms with Gasteiger partial charge in [-0.3, -0.25) is 4.79 Å². The second-order valence-electron chi connectivity index (χ2n) is 9.89. The SMILES string of the molecule is CN(Cc1ccccc1)CC1C=Cc2ccc3c(c2C1)CCc1ccccc1-3.O=C1C=CC=CNC1. The lowest BCUT2D eigenvalue weighted by Crippen LogP contribution is -2.27. The van der Waals surface area contributed by atoms with Gasteiger partial charge in [-0.1, -0.05) is 85.0 Å². The minimum atomic E-state index is 0.120. The van der Waals surface area contributed by atoms with E-state index in [1.54, 1.807) is 35.6 Å². The molecule has 0 spiro atoms. The minimum Gasteiger partial charge on any atom is -0.383 e. The van der Waals surface area contributed by atoms with Crippen molar-refractivity contribution in [2.75, 3.05) is 20.1 Å². The highest BCUT2D eigenvalue weighted by molar-refractivity contribution is 5.92. The highest BCUT2D eigenvalue weighted by Gasteiger charge is 2.24. The van der Waals surface area contributed by atoms with Crippen LogP contribution in [0.25, 0.3) is 17.2 Å². The number of hydrogen-bond acceptors (Lipinski definition) is 3. The molecular formula is C33H34N2O. The Kier molecular flexibility index (Phi) is 7.58. The van der Waals surface area contributed by atoms with Gasteiger partial charge in [0.15, 0.2) is 5.78 Å². The van der Waals surface area contributed by atoms with Crippen molar-refractivity contribution >= 4 is 11.9 Å². The third-order valence-electron chi connectivity index (χ3n) is 7.16. The first-order valence-electron chi connectivity index (χ1n) is 12.9. The number of nitrogens with one attached hydrogen (secondary N) is 1. The lowest BCUT2D eigenvalue weighted by Gasteiger charge is -2.29. The Bertz CT molecular complexity index is 1300. The van der Waals surface area contributed by atoms with Gasteiger partial charge in [-0.15, -0.1) is 0 Å². The molecule has 3 aromatic carbocycles. The highest BCUT2D eigenvalue weighted by Crippen LogP contribution is 2.39. The number of benzene rings is 3. The van der Waals surface area contributed by atoms with E-state index in [9.17, 15) is 4.79 Å². The van der Waals surface area contributed by atoms with E-state index in [0.29, 0.717) is 12.5 Å². The van der Waals surface area contributed by atoms with Gasteiger partial charge in [0, 0.05) is 13.1 Å². The molecule has 3 heteroatoms. The van der Waals surface area contributed by atoms with Crippen molar-refractivity contribution < 1.29 is 4.79 Å². The van der Waals surface area contributed by atoms with E-state index in [1.807, 2.05) is 0 Å². The summed E-state index contributed by atoms with van der Waals surface area (Å²) in [4.78, 5) is 13.0. The second kappa shape index (κ2) is 11.4. The molecule has 0 fully saturated rings. The van der Waals surface area contributed by atoms with Crippen LogP contribution in [0.15, 0.2) is 97.2 Å². The zero-order valence-corrected chi connectivity index (χ0v) is 21.0. The fourth-order valence-electron chi connectivity index (χ4n) is 5.47. The van der Waals surface area contributed by atoms with E-state index < -0.39 is 0 Å². The van der Waals surface area contributed by atoms with Gasteiger partial charge in [0.2, 0.25) is 0 Å². The summed E-state index contributed by atoms with van der Waals surface area (Å²) in [6.45, 7) is 2.54. The minimum absolute atomic E-state index is 0.120. The maximum Gasteiger partial charge on any atom is 0.174 e. The van der Waals surface area contributed by atoms with Gasteiger partial charge in [0.25, 0.3) is 0 Å². The number of carbonyl (C=O) groups is 1. The van der Waals surface area contributed by atoms with E-state index >= 15 is 0 Å². The van der Waals surface area contributed by atoms with Crippen LogP contribution in [0.4, 0.5) is 0 Å². The van der Waals surface area contributed by atoms with Crippen molar-refractivity contribution in [3.63, 3.8) is 0 Å². The zero-order chi connectivity index (χ0) is 24.7. The molecule has 0 aromatic heterocycles. The summed E-state index contributed by atoms with van der Waals surface area (Å²) in [5, 5.41) is 2.80. The van der Waals surface area contributed by atoms with E-state index in [1.165, 1.54) is 40.7 Å². The topological polar surface area (TPSA) is 32.3 Å². The van der Waals surface area contributed by atoms with Crippen LogP contribution in [0.5, 0.6) is 0 Å². The Hall–Kier alpha value is -3.69. The predicted octanol–water partition coefficient (Wildman–Crippen LogP) is 6.00. The summed E-state index contributed by atoms with van der Waals surface area (Å²) in [5.74, 6) is 0.708. The van der Waals surface area contributed by atoms with Gasteiger partial charge in [-0.25, -0.2) is 0 Å². The van der Waals surface area contributed by atoms with Crippen molar-refractivity contribution in [2.24, 2.45) is 5.92 Å². The molecule has 3 nitrogen and oxygen atoms in total. The van der Waals surface area contributed by atoms with Crippen molar-refractivity contribution in [3.05, 3.63) is 125 Å². The van der Waals surface area contributed by atoms with Crippen LogP contribution in [-0.4, -0.2) is 30.8 Å². The first kappa shape index (κ1) is 24.0. The number of hydrogen-bond donors (Lipinski definition) is 1. The van der Waals surface area contributed by atoms with E-state index in [0.717, 1.165) is 19.5 Å². The van der Waals surface area contributed by atoms with Crippen molar-refractivity contribution in [1.82, 2.24) is 10.2 Å². The fourth-order valence-corrected chi connectivity index (χ4v) is 5.47. The Morgan fingerprint density at radius 3 is 2.58 bits per heavy atom. The molecule has 3 aromatic rings. The summed E-state index contributed by atoms with van der Waals surface area (Å²) < 4.78 is 0. The zero-order valence-electron chi connectivity index (χ0n) is 21.0. The number of carbonyl (C=O) groups excluding carboxylic acids is 1. The smallest absolute Gasteiger partial charge is 0.174 e. The molecular weight excluding hydrogens is 440 g/mol. The molecule has 1 atom stereocenters. The van der Waals surface area contributed by atoms with Crippen molar-refractivity contribution in [1.29, 1.82) is 0 Å². The first-order chi connectivity index (χ1) is 17.7. The van der Waals surface area contributed by atoms with Crippen LogP contribution in [0, 0.1) is 5.92 Å². The molecule has 0 saturated carbocycles. The normalized spacial score (nSPS) is 17.3. The number of rotatable bonds is 4. The van der Waals surface area contributed by atoms with Gasteiger partial charge in [-0.2, -0.15) is 0 Å². The first-order valence-corrected chi connectivity index (χ1v) is 12.9. The van der Waals surface area contributed by atoms with Crippen LogP contribution in [0.1, 0.15) is 27.8 Å². The standard InChI is InChI=1S/C27H27N.C6H7NO/c1-28(18-20-7-3-2-4-8-20)19-21-11-12-23-14-15-25-24-10-6-5-9-22(24)13-16-26(25)27(23)17-21;8-6-3-1-2-4-7-5-6/h2-12,14-15,21H,13,16-19H2,1H3;1-4,7H,5H2. The Labute approximate surface area is 214 Å². The van der Waals surface area contributed by atoms with Gasteiger partial charge in [0.1, 0.15) is 0 Å². The lowest BCUT2D eigenvalue weighted by atomic mass is 9.78. The van der Waals surface area contributed by atoms with Gasteiger partial charge < -0.3 is 10.2 Å². The van der Waals surface area contributed by atoms with E-state index in [4.69, 9.17) is 0 Å². The van der Waals surface area contributed by atoms with E-state index in [-0.39, 0.29) is 5.78 Å². The van der Waals surface area contributed by atoms with Gasteiger partial charge in [0.05, 0.1) is 6.54 Å². The lowest BCUT2D eigenvalue weighted by molar-refractivity contribution is -0.113. The summed E-state index contributed by atoms with van der Waals surface area (Å²) in [6.07, 6.45) is 15.1. The fraction of sp³-hybridized carbons (Fsp3) is 0.242. The molecule has 0 radical (unpaired) electrons. The predicted molar refractivity (Wildman–Crippen MR) is 150 cm³/mol. The number of ketones is 1. The summed E-state index contributed by atoms with van der Waals surface area (Å²) >= 11 is 0. The largest absolute Gasteiger partial charge is 0.383 e. The number of fused-ring (bicyclic) bond motifs is 5.